The number of anilines is 2. The van der Waals surface area contributed by atoms with Crippen LogP contribution in [-0.2, 0) is 4.74 Å². The first-order valence-electron chi connectivity index (χ1n) is 8.69. The van der Waals surface area contributed by atoms with Crippen LogP contribution in [0.4, 0.5) is 11.4 Å². The SMILES string of the molecule is Cc1ccc(Nc2ccnc(C(=O)NCCN3CCOCC3)c2)cc1Cl. The largest absolute Gasteiger partial charge is 0.379 e. The van der Waals surface area contributed by atoms with E-state index in [4.69, 9.17) is 16.3 Å². The molecular weight excluding hydrogens is 352 g/mol. The summed E-state index contributed by atoms with van der Waals surface area (Å²) in [5.41, 5.74) is 3.06. The van der Waals surface area contributed by atoms with Crippen molar-refractivity contribution in [2.75, 3.05) is 44.7 Å². The zero-order chi connectivity index (χ0) is 18.4. The molecule has 1 aliphatic rings. The molecule has 0 aliphatic carbocycles. The first-order valence-corrected chi connectivity index (χ1v) is 9.07. The molecule has 138 valence electrons. The number of pyridine rings is 1. The Morgan fingerprint density at radius 3 is 2.77 bits per heavy atom. The van der Waals surface area contributed by atoms with Gasteiger partial charge in [-0.15, -0.1) is 0 Å². The molecular formula is C19H23ClN4O2. The van der Waals surface area contributed by atoms with Crippen molar-refractivity contribution < 1.29 is 9.53 Å². The van der Waals surface area contributed by atoms with Crippen LogP contribution in [0.3, 0.4) is 0 Å². The number of amides is 1. The number of ether oxygens (including phenoxy) is 1. The van der Waals surface area contributed by atoms with E-state index in [1.807, 2.05) is 31.2 Å². The third kappa shape index (κ3) is 5.17. The lowest BCUT2D eigenvalue weighted by Gasteiger charge is -2.26. The molecule has 0 unspecified atom stereocenters. The molecule has 0 saturated carbocycles. The number of hydrogen-bond acceptors (Lipinski definition) is 5. The van der Waals surface area contributed by atoms with Gasteiger partial charge in [0.05, 0.1) is 13.2 Å². The van der Waals surface area contributed by atoms with Gasteiger partial charge in [0, 0.05) is 48.8 Å². The van der Waals surface area contributed by atoms with E-state index >= 15 is 0 Å². The zero-order valence-corrected chi connectivity index (χ0v) is 15.6. The summed E-state index contributed by atoms with van der Waals surface area (Å²) in [6.07, 6.45) is 1.62. The van der Waals surface area contributed by atoms with Crippen LogP contribution in [0.5, 0.6) is 0 Å². The van der Waals surface area contributed by atoms with Crippen molar-refractivity contribution in [2.45, 2.75) is 6.92 Å². The predicted molar refractivity (Wildman–Crippen MR) is 103 cm³/mol. The number of benzene rings is 1. The summed E-state index contributed by atoms with van der Waals surface area (Å²) < 4.78 is 5.32. The van der Waals surface area contributed by atoms with E-state index in [-0.39, 0.29) is 5.91 Å². The molecule has 2 aromatic rings. The maximum Gasteiger partial charge on any atom is 0.269 e. The second-order valence-corrected chi connectivity index (χ2v) is 6.64. The predicted octanol–water partition coefficient (Wildman–Crippen LogP) is 2.85. The van der Waals surface area contributed by atoms with Crippen molar-refractivity contribution >= 4 is 28.9 Å². The molecule has 1 aromatic carbocycles. The van der Waals surface area contributed by atoms with Crippen LogP contribution in [0.25, 0.3) is 0 Å². The van der Waals surface area contributed by atoms with Gasteiger partial charge in [-0.05, 0) is 36.8 Å². The van der Waals surface area contributed by atoms with Gasteiger partial charge in [0.15, 0.2) is 0 Å². The molecule has 2 heterocycles. The highest BCUT2D eigenvalue weighted by molar-refractivity contribution is 6.31. The van der Waals surface area contributed by atoms with Gasteiger partial charge < -0.3 is 15.4 Å². The van der Waals surface area contributed by atoms with Crippen molar-refractivity contribution in [2.24, 2.45) is 0 Å². The number of hydrogen-bond donors (Lipinski definition) is 2. The normalized spacial score (nSPS) is 14.8. The molecule has 1 aromatic heterocycles. The number of morpholine rings is 1. The molecule has 3 rings (SSSR count). The fourth-order valence-electron chi connectivity index (χ4n) is 2.71. The first-order chi connectivity index (χ1) is 12.6. The van der Waals surface area contributed by atoms with E-state index in [0.29, 0.717) is 17.3 Å². The van der Waals surface area contributed by atoms with Crippen LogP contribution in [0, 0.1) is 6.92 Å². The van der Waals surface area contributed by atoms with Crippen molar-refractivity contribution in [1.82, 2.24) is 15.2 Å². The number of carbonyl (C=O) groups excluding carboxylic acids is 1. The molecule has 7 heteroatoms. The molecule has 0 atom stereocenters. The van der Waals surface area contributed by atoms with Gasteiger partial charge in [-0.3, -0.25) is 14.7 Å². The Morgan fingerprint density at radius 1 is 1.23 bits per heavy atom. The minimum atomic E-state index is -0.177. The lowest BCUT2D eigenvalue weighted by Crippen LogP contribution is -2.41. The fourth-order valence-corrected chi connectivity index (χ4v) is 2.89. The van der Waals surface area contributed by atoms with Gasteiger partial charge in [0.25, 0.3) is 5.91 Å². The maximum atomic E-state index is 12.3. The number of nitrogens with zero attached hydrogens (tertiary/aromatic N) is 2. The molecule has 1 saturated heterocycles. The van der Waals surface area contributed by atoms with Gasteiger partial charge >= 0.3 is 0 Å². The average Bonchev–Trinajstić information content (AvgIpc) is 2.66. The molecule has 0 radical (unpaired) electrons. The average molecular weight is 375 g/mol. The Morgan fingerprint density at radius 2 is 2.00 bits per heavy atom. The van der Waals surface area contributed by atoms with Crippen molar-refractivity contribution in [3.8, 4) is 0 Å². The molecule has 2 N–H and O–H groups in total. The van der Waals surface area contributed by atoms with Crippen LogP contribution < -0.4 is 10.6 Å². The van der Waals surface area contributed by atoms with Crippen LogP contribution >= 0.6 is 11.6 Å². The third-order valence-electron chi connectivity index (χ3n) is 4.27. The number of aryl methyl sites for hydroxylation is 1. The topological polar surface area (TPSA) is 66.5 Å². The van der Waals surface area contributed by atoms with Crippen LogP contribution in [-0.4, -0.2) is 55.2 Å². The number of carbonyl (C=O) groups is 1. The molecule has 0 bridgehead atoms. The minimum Gasteiger partial charge on any atom is -0.379 e. The number of nitrogens with one attached hydrogen (secondary N) is 2. The van der Waals surface area contributed by atoms with E-state index in [1.165, 1.54) is 0 Å². The number of rotatable bonds is 6. The Kier molecular flexibility index (Phi) is 6.44. The third-order valence-corrected chi connectivity index (χ3v) is 4.68. The highest BCUT2D eigenvalue weighted by Crippen LogP contribution is 2.23. The lowest BCUT2D eigenvalue weighted by atomic mass is 10.2. The van der Waals surface area contributed by atoms with E-state index in [2.05, 4.69) is 20.5 Å². The van der Waals surface area contributed by atoms with E-state index in [9.17, 15) is 4.79 Å². The highest BCUT2D eigenvalue weighted by Gasteiger charge is 2.12. The Labute approximate surface area is 158 Å². The van der Waals surface area contributed by atoms with E-state index < -0.39 is 0 Å². The second-order valence-electron chi connectivity index (χ2n) is 6.23. The number of halogens is 1. The Bertz CT molecular complexity index is 763. The van der Waals surface area contributed by atoms with Crippen LogP contribution in [0.15, 0.2) is 36.5 Å². The zero-order valence-electron chi connectivity index (χ0n) is 14.8. The van der Waals surface area contributed by atoms with Gasteiger partial charge in [-0.2, -0.15) is 0 Å². The quantitative estimate of drug-likeness (QED) is 0.813. The molecule has 26 heavy (non-hydrogen) atoms. The summed E-state index contributed by atoms with van der Waals surface area (Å²) in [6, 6.07) is 9.31. The molecule has 1 amide bonds. The molecule has 0 spiro atoms. The maximum absolute atomic E-state index is 12.3. The summed E-state index contributed by atoms with van der Waals surface area (Å²) >= 11 is 6.15. The summed E-state index contributed by atoms with van der Waals surface area (Å²) in [6.45, 7) is 6.69. The van der Waals surface area contributed by atoms with Gasteiger partial charge in [0.2, 0.25) is 0 Å². The fraction of sp³-hybridized carbons (Fsp3) is 0.368. The van der Waals surface area contributed by atoms with Gasteiger partial charge in [0.1, 0.15) is 5.69 Å². The summed E-state index contributed by atoms with van der Waals surface area (Å²) in [5.74, 6) is -0.177. The van der Waals surface area contributed by atoms with Crippen LogP contribution in [0.2, 0.25) is 5.02 Å². The first kappa shape index (κ1) is 18.6. The summed E-state index contributed by atoms with van der Waals surface area (Å²) in [5, 5.41) is 6.87. The van der Waals surface area contributed by atoms with Gasteiger partial charge in [-0.1, -0.05) is 17.7 Å². The molecule has 1 fully saturated rings. The smallest absolute Gasteiger partial charge is 0.269 e. The summed E-state index contributed by atoms with van der Waals surface area (Å²) in [7, 11) is 0. The van der Waals surface area contributed by atoms with E-state index in [0.717, 1.165) is 49.8 Å². The molecule has 6 nitrogen and oxygen atoms in total. The number of aromatic nitrogens is 1. The van der Waals surface area contributed by atoms with E-state index in [1.54, 1.807) is 12.3 Å². The second kappa shape index (κ2) is 8.98. The van der Waals surface area contributed by atoms with Crippen molar-refractivity contribution in [1.29, 1.82) is 0 Å². The lowest BCUT2D eigenvalue weighted by molar-refractivity contribution is 0.0383. The standard InChI is InChI=1S/C19H23ClN4O2/c1-14-2-3-15(12-17(14)20)23-16-4-5-21-18(13-16)19(25)22-6-7-24-8-10-26-11-9-24/h2-5,12-13H,6-11H2,1H3,(H,21,23)(H,22,25). The Balaban J connectivity index is 1.55. The highest BCUT2D eigenvalue weighted by atomic mass is 35.5. The van der Waals surface area contributed by atoms with Gasteiger partial charge in [-0.25, -0.2) is 0 Å². The monoisotopic (exact) mass is 374 g/mol. The summed E-state index contributed by atoms with van der Waals surface area (Å²) in [4.78, 5) is 18.8. The Hall–Kier alpha value is -2.15. The van der Waals surface area contributed by atoms with Crippen molar-refractivity contribution in [3.63, 3.8) is 0 Å². The molecule has 1 aliphatic heterocycles. The minimum absolute atomic E-state index is 0.177. The van der Waals surface area contributed by atoms with Crippen molar-refractivity contribution in [3.05, 3.63) is 52.8 Å². The van der Waals surface area contributed by atoms with Crippen LogP contribution in [0.1, 0.15) is 16.1 Å².